The summed E-state index contributed by atoms with van der Waals surface area (Å²) in [6.45, 7) is 10.9. The van der Waals surface area contributed by atoms with Gasteiger partial charge in [0.05, 0.1) is 0 Å². The molecule has 0 radical (unpaired) electrons. The first-order valence-electron chi connectivity index (χ1n) is 25.1. The smallest absolute Gasteiger partial charge is 0.0165 e. The first kappa shape index (κ1) is 33.2. The van der Waals surface area contributed by atoms with Crippen LogP contribution >= 0.6 is 0 Å². The molecule has 0 heteroatoms. The van der Waals surface area contributed by atoms with E-state index in [-0.39, 0.29) is 0 Å². The van der Waals surface area contributed by atoms with Crippen molar-refractivity contribution in [1.82, 2.24) is 0 Å². The number of hydrogen-bond acceptors (Lipinski definition) is 0. The first-order valence-corrected chi connectivity index (χ1v) is 25.1. The van der Waals surface area contributed by atoms with E-state index in [0.717, 1.165) is 136 Å². The zero-order chi connectivity index (χ0) is 33.9. The normalized spacial score (nSPS) is 64.7. The Morgan fingerprint density at radius 1 is 0.373 bits per heavy atom. The highest BCUT2D eigenvalue weighted by atomic mass is 14.8. The van der Waals surface area contributed by atoms with Crippen molar-refractivity contribution >= 4 is 0 Å². The summed E-state index contributed by atoms with van der Waals surface area (Å²) in [6, 6.07) is 0. The van der Waals surface area contributed by atoms with E-state index in [1.165, 1.54) is 24.7 Å². The maximum atomic E-state index is 2.86. The molecule has 0 nitrogen and oxygen atoms in total. The third kappa shape index (κ3) is 4.13. The molecule has 0 N–H and O–H groups in total. The van der Waals surface area contributed by atoms with Gasteiger partial charge in [-0.15, -0.1) is 0 Å². The van der Waals surface area contributed by atoms with Gasteiger partial charge in [-0.05, 0) is 224 Å². The molecule has 12 aliphatic carbocycles. The molecule has 1 spiro atoms. The molecule has 0 aromatic carbocycles. The molecule has 0 heterocycles. The summed E-state index contributed by atoms with van der Waals surface area (Å²) in [6.07, 6.45) is 35.7. The van der Waals surface area contributed by atoms with Crippen molar-refractivity contribution in [3.8, 4) is 0 Å². The van der Waals surface area contributed by atoms with Gasteiger partial charge in [-0.3, -0.25) is 0 Å². The molecule has 12 rings (SSSR count). The zero-order valence-electron chi connectivity index (χ0n) is 33.9. The molecule has 24 atom stereocenters. The molecule has 0 aliphatic heterocycles. The van der Waals surface area contributed by atoms with Crippen LogP contribution in [0.4, 0.5) is 0 Å². The minimum atomic E-state index is 0.769. The minimum absolute atomic E-state index is 0.769. The van der Waals surface area contributed by atoms with Crippen molar-refractivity contribution in [2.75, 3.05) is 0 Å². The van der Waals surface area contributed by atoms with Crippen LogP contribution in [0, 0.1) is 147 Å². The second-order valence-electron chi connectivity index (χ2n) is 23.8. The molecule has 0 amide bonds. The van der Waals surface area contributed by atoms with Crippen LogP contribution < -0.4 is 0 Å². The van der Waals surface area contributed by atoms with E-state index in [1.807, 2.05) is 0 Å². The highest BCUT2D eigenvalue weighted by Gasteiger charge is 2.79. The van der Waals surface area contributed by atoms with Gasteiger partial charge in [0.1, 0.15) is 0 Å². The van der Waals surface area contributed by atoms with Gasteiger partial charge in [0, 0.05) is 0 Å². The van der Waals surface area contributed by atoms with Crippen molar-refractivity contribution in [3.05, 3.63) is 0 Å². The molecule has 12 aliphatic rings. The van der Waals surface area contributed by atoms with E-state index in [2.05, 4.69) is 27.7 Å². The Kier molecular flexibility index (Phi) is 7.81. The summed E-state index contributed by atoms with van der Waals surface area (Å²) < 4.78 is 0. The predicted octanol–water partition coefficient (Wildman–Crippen LogP) is 13.6. The summed E-state index contributed by atoms with van der Waals surface area (Å²) in [5, 5.41) is 0. The van der Waals surface area contributed by atoms with E-state index in [0.29, 0.717) is 0 Å². The molecule has 12 fully saturated rings. The lowest BCUT2D eigenvalue weighted by Crippen LogP contribution is -2.67. The Morgan fingerprint density at radius 3 is 1.73 bits per heavy atom. The molecule has 284 valence electrons. The molecule has 12 saturated carbocycles. The van der Waals surface area contributed by atoms with E-state index in [4.69, 9.17) is 0 Å². The van der Waals surface area contributed by atoms with Crippen LogP contribution in [-0.2, 0) is 0 Å². The average Bonchev–Trinajstić information content (AvgIpc) is 3.88. The van der Waals surface area contributed by atoms with Gasteiger partial charge in [0.2, 0.25) is 0 Å². The van der Waals surface area contributed by atoms with Crippen LogP contribution in [0.25, 0.3) is 0 Å². The summed E-state index contributed by atoms with van der Waals surface area (Å²) in [5.74, 6) is 26.9. The van der Waals surface area contributed by atoms with Crippen molar-refractivity contribution in [3.63, 3.8) is 0 Å². The van der Waals surface area contributed by atoms with E-state index >= 15 is 0 Å². The predicted molar refractivity (Wildman–Crippen MR) is 210 cm³/mol. The average molecular weight is 693 g/mol. The van der Waals surface area contributed by atoms with Gasteiger partial charge in [0.25, 0.3) is 0 Å². The lowest BCUT2D eigenvalue weighted by molar-refractivity contribution is -0.241. The topological polar surface area (TPSA) is 0 Å². The van der Waals surface area contributed by atoms with Crippen molar-refractivity contribution in [1.29, 1.82) is 0 Å². The van der Waals surface area contributed by atoms with Gasteiger partial charge >= 0.3 is 0 Å². The molecule has 0 saturated heterocycles. The fraction of sp³-hybridized carbons (Fsp3) is 1.00. The maximum Gasteiger partial charge on any atom is -0.0165 e. The molecule has 0 aromatic rings. The highest BCUT2D eigenvalue weighted by Crippen LogP contribution is 2.85. The lowest BCUT2D eigenvalue weighted by atomic mass is 9.33. The molecule has 24 unspecified atom stereocenters. The Bertz CT molecular complexity index is 1300. The van der Waals surface area contributed by atoms with Gasteiger partial charge in [-0.2, -0.15) is 0 Å². The van der Waals surface area contributed by atoms with Gasteiger partial charge < -0.3 is 0 Å². The van der Waals surface area contributed by atoms with Gasteiger partial charge in [-0.1, -0.05) is 91.9 Å². The minimum Gasteiger partial charge on any atom is -0.0651 e. The fourth-order valence-corrected chi connectivity index (χ4v) is 23.6. The summed E-state index contributed by atoms with van der Waals surface area (Å²) in [7, 11) is 0. The molecular weight excluding hydrogens is 613 g/mol. The summed E-state index contributed by atoms with van der Waals surface area (Å²) in [4.78, 5) is 0. The number of fused-ring (bicyclic) bond motifs is 10. The van der Waals surface area contributed by atoms with Crippen LogP contribution in [0.3, 0.4) is 0 Å². The third-order valence-corrected chi connectivity index (χ3v) is 23.4. The monoisotopic (exact) mass is 693 g/mol. The highest BCUT2D eigenvalue weighted by molar-refractivity contribution is 5.27. The lowest BCUT2D eigenvalue weighted by Gasteiger charge is -2.71. The first-order chi connectivity index (χ1) is 25.1. The molecule has 51 heavy (non-hydrogen) atoms. The SMILES string of the molecule is CCC1CCCC2C3CCCC(CC)C3C(C3CCC4C(C3)C3C5CCCCC5C5CCC6CC7CCCC8C9C(C)CC(C)C9C4(C78)C6C53)C12. The molecular formula is C51H80. The number of rotatable bonds is 3. The van der Waals surface area contributed by atoms with E-state index in [9.17, 15) is 0 Å². The van der Waals surface area contributed by atoms with Crippen molar-refractivity contribution in [2.24, 2.45) is 147 Å². The third-order valence-electron chi connectivity index (χ3n) is 23.4. The largest absolute Gasteiger partial charge is 0.0651 e. The standard InChI is InChI=1S/C51H80/c1-5-29-12-9-17-36-37-18-10-13-30(6-2)44(37)45(43(29)36)31-21-23-41-40(26-31)46-35-16-8-7-15-34(35)38-22-20-33-25-32-14-11-19-39-42-27(3)24-28(4)48(42)51(41,49(32)39)50(33)47(38)46/h27-50H,5-26H2,1-4H3. The van der Waals surface area contributed by atoms with Crippen LogP contribution in [-0.4, -0.2) is 0 Å². The summed E-state index contributed by atoms with van der Waals surface area (Å²) in [5.41, 5.74) is 0.769. The van der Waals surface area contributed by atoms with Crippen LogP contribution in [0.5, 0.6) is 0 Å². The van der Waals surface area contributed by atoms with Crippen LogP contribution in [0.1, 0.15) is 169 Å². The zero-order valence-corrected chi connectivity index (χ0v) is 33.9. The van der Waals surface area contributed by atoms with Crippen LogP contribution in [0.15, 0.2) is 0 Å². The fourth-order valence-electron chi connectivity index (χ4n) is 23.6. The van der Waals surface area contributed by atoms with Crippen molar-refractivity contribution in [2.45, 2.75) is 169 Å². The van der Waals surface area contributed by atoms with Crippen molar-refractivity contribution < 1.29 is 0 Å². The van der Waals surface area contributed by atoms with Gasteiger partial charge in [0.15, 0.2) is 0 Å². The maximum absolute atomic E-state index is 2.86. The van der Waals surface area contributed by atoms with E-state index < -0.39 is 0 Å². The second-order valence-corrected chi connectivity index (χ2v) is 23.8. The Hall–Kier alpha value is 0. The molecule has 0 aromatic heterocycles. The summed E-state index contributed by atoms with van der Waals surface area (Å²) >= 11 is 0. The quantitative estimate of drug-likeness (QED) is 0.276. The van der Waals surface area contributed by atoms with Crippen LogP contribution in [0.2, 0.25) is 0 Å². The number of hydrogen-bond donors (Lipinski definition) is 0. The Balaban J connectivity index is 1.01. The van der Waals surface area contributed by atoms with Gasteiger partial charge in [-0.25, -0.2) is 0 Å². The second kappa shape index (κ2) is 12.0. The molecule has 0 bridgehead atoms. The Labute approximate surface area is 315 Å². The van der Waals surface area contributed by atoms with E-state index in [1.54, 1.807) is 128 Å². The Morgan fingerprint density at radius 2 is 0.980 bits per heavy atom.